The van der Waals surface area contributed by atoms with Crippen molar-refractivity contribution in [3.63, 3.8) is 0 Å². The number of aliphatic hydroxyl groups excluding tert-OH is 12. The summed E-state index contributed by atoms with van der Waals surface area (Å²) in [6, 6.07) is -3.93. The van der Waals surface area contributed by atoms with Gasteiger partial charge < -0.3 is 131 Å². The van der Waals surface area contributed by atoms with Crippen LogP contribution >= 0.6 is 0 Å². The number of ether oxygens (including phenoxy) is 8. The molecule has 6 heterocycles. The van der Waals surface area contributed by atoms with Crippen molar-refractivity contribution in [2.75, 3.05) is 85.6 Å². The molecule has 4 aliphatic rings. The number of unbranched alkanes of at least 4 members (excludes halogenated alkanes) is 9. The van der Waals surface area contributed by atoms with E-state index >= 15 is 0 Å². The number of nitrogens with one attached hydrogen (secondary N) is 5. The number of ketones is 1. The Balaban J connectivity index is 1.13. The molecule has 0 saturated carbocycles. The van der Waals surface area contributed by atoms with Crippen LogP contribution in [0.25, 0.3) is 0 Å². The van der Waals surface area contributed by atoms with E-state index in [9.17, 15) is 80.5 Å². The number of nitrogens with zero attached hydrogens (tertiary/aromatic N) is 10. The zero-order chi connectivity index (χ0) is 83.6. The highest BCUT2D eigenvalue weighted by molar-refractivity contribution is 5.88. The summed E-state index contributed by atoms with van der Waals surface area (Å²) >= 11 is 0. The largest absolute Gasteiger partial charge is 0.400 e. The van der Waals surface area contributed by atoms with E-state index in [1.165, 1.54) is 25.8 Å². The van der Waals surface area contributed by atoms with Crippen LogP contribution in [-0.2, 0) is 83.3 Å². The first kappa shape index (κ1) is 96.8. The Bertz CT molecular complexity index is 3090. The summed E-state index contributed by atoms with van der Waals surface area (Å²) in [4.78, 5) is 54.9. The average molecular weight is 1630 g/mol. The minimum atomic E-state index is -1.45. The molecule has 41 nitrogen and oxygen atoms in total. The lowest BCUT2D eigenvalue weighted by Crippen LogP contribution is -2.64. The molecule has 6 rings (SSSR count). The van der Waals surface area contributed by atoms with Gasteiger partial charge in [0.15, 0.2) is 30.9 Å². The Kier molecular flexibility index (Phi) is 42.4. The molecule has 41 heteroatoms. The molecule has 4 aliphatic heterocycles. The lowest BCUT2D eigenvalue weighted by Gasteiger charge is -2.42. The minimum absolute atomic E-state index is 0.0309. The van der Waals surface area contributed by atoms with Gasteiger partial charge in [-0.25, -0.2) is 11.4 Å². The van der Waals surface area contributed by atoms with Gasteiger partial charge in [0.05, 0.1) is 55.7 Å². The Hall–Kier alpha value is -6.08. The molecule has 0 bridgehead atoms. The number of rotatable bonds is 53. The highest BCUT2D eigenvalue weighted by atomic mass is 16.7. The monoisotopic (exact) mass is 1630 g/mol. The number of aryl methyl sites for hydroxylation is 2. The molecular formula is C73H131N17O24. The summed E-state index contributed by atoms with van der Waals surface area (Å²) in [6.45, 7) is 12.9. The molecule has 0 aliphatic carbocycles. The van der Waals surface area contributed by atoms with Gasteiger partial charge in [0.25, 0.3) is 0 Å². The number of nitrogens with two attached hydrogens (primary N) is 2. The second-order valence-electron chi connectivity index (χ2n) is 30.9. The highest BCUT2D eigenvalue weighted by Crippen LogP contribution is 2.30. The first-order valence-corrected chi connectivity index (χ1v) is 39.8. The van der Waals surface area contributed by atoms with Gasteiger partial charge in [0.1, 0.15) is 85.3 Å². The Morgan fingerprint density at radius 3 is 1.37 bits per heavy atom. The molecule has 3 amide bonds. The second-order valence-corrected chi connectivity index (χ2v) is 30.9. The molecule has 4 fully saturated rings. The smallest absolute Gasteiger partial charge is 0.217 e. The van der Waals surface area contributed by atoms with Crippen LogP contribution in [0.15, 0.2) is 41.3 Å². The summed E-state index contributed by atoms with van der Waals surface area (Å²) < 4.78 is 49.9. The van der Waals surface area contributed by atoms with E-state index in [1.54, 1.807) is 28.7 Å². The van der Waals surface area contributed by atoms with Crippen LogP contribution in [0.5, 0.6) is 0 Å². The van der Waals surface area contributed by atoms with E-state index < -0.39 is 178 Å². The molecule has 0 spiro atoms. The summed E-state index contributed by atoms with van der Waals surface area (Å²) in [5, 5.41) is 157. The third-order valence-corrected chi connectivity index (χ3v) is 20.3. The van der Waals surface area contributed by atoms with Crippen LogP contribution in [0.1, 0.15) is 156 Å². The Morgan fingerprint density at radius 1 is 0.561 bits per heavy atom. The van der Waals surface area contributed by atoms with Gasteiger partial charge >= 0.3 is 0 Å². The summed E-state index contributed by atoms with van der Waals surface area (Å²) in [7, 11) is 0. The van der Waals surface area contributed by atoms with Crippen LogP contribution in [0, 0.1) is 16.9 Å². The number of Topliss-reactive ketones (excluding diaryl/α,β-unsaturated/α-hetero) is 1. The fourth-order valence-corrected chi connectivity index (χ4v) is 13.9. The fraction of sp³-hybridized carbons (Fsp3) is 0.836. The third kappa shape index (κ3) is 31.3. The Labute approximate surface area is 665 Å². The number of carbonyl (C=O) groups is 4. The number of hydrogen-bond donors (Lipinski definition) is 19. The van der Waals surface area contributed by atoms with Crippen molar-refractivity contribution in [2.45, 2.75) is 294 Å². The maximum atomic E-state index is 15.0. The number of hydrazine groups is 1. The van der Waals surface area contributed by atoms with Crippen molar-refractivity contribution in [3.8, 4) is 0 Å². The van der Waals surface area contributed by atoms with E-state index in [1.807, 2.05) is 38.1 Å². The molecule has 652 valence electrons. The molecule has 0 radical (unpaired) electrons. The lowest BCUT2D eigenvalue weighted by atomic mass is 9.84. The van der Waals surface area contributed by atoms with Crippen molar-refractivity contribution < 1.29 is 118 Å². The molecule has 21 N–H and O–H groups in total. The Morgan fingerprint density at radius 2 is 0.956 bits per heavy atom. The van der Waals surface area contributed by atoms with Gasteiger partial charge in [0, 0.05) is 141 Å². The van der Waals surface area contributed by atoms with Crippen LogP contribution in [0.2, 0.25) is 0 Å². The fourth-order valence-electron chi connectivity index (χ4n) is 13.9. The van der Waals surface area contributed by atoms with E-state index in [2.05, 4.69) is 51.9 Å². The van der Waals surface area contributed by atoms with Crippen LogP contribution < -0.4 is 32.8 Å². The summed E-state index contributed by atoms with van der Waals surface area (Å²) in [5.41, 5.74) is 16.4. The van der Waals surface area contributed by atoms with Crippen molar-refractivity contribution in [2.24, 2.45) is 28.0 Å². The van der Waals surface area contributed by atoms with Crippen LogP contribution in [0.4, 0.5) is 0 Å². The van der Waals surface area contributed by atoms with Gasteiger partial charge in [0.2, 0.25) is 17.7 Å². The van der Waals surface area contributed by atoms with Crippen LogP contribution in [0.3, 0.4) is 0 Å². The minimum Gasteiger partial charge on any atom is -0.400 e. The maximum Gasteiger partial charge on any atom is 0.217 e. The third-order valence-electron chi connectivity index (χ3n) is 20.3. The average Bonchev–Trinajstić information content (AvgIpc) is 0.991. The molecule has 2 aromatic heterocycles. The van der Waals surface area contributed by atoms with Gasteiger partial charge in [-0.15, -0.1) is 10.2 Å². The topological polar surface area (TPSA) is 592 Å². The van der Waals surface area contributed by atoms with E-state index in [-0.39, 0.29) is 38.7 Å². The molecule has 114 heavy (non-hydrogen) atoms. The second kappa shape index (κ2) is 50.0. The maximum absolute atomic E-state index is 15.0. The SMILES string of the molecule is CC(=O)N[C@H]1[C@H](OCCCCCN(N)/C=C(\N)CN(C/C(=C/NCCCCCO[C@@H]2O[C@H](CO)[C@H](O)[C@H](O)[C@H]2C)N=N)C(CCCCN(Cc2cn(CCCCCO[C@@H]3O[C@H](CO)[C@H](O)[C@H](O)[C@H]3NC(C)=O)nn2)Cc2cn(CCCCCO[C@@H]3O[C@H](CO)[C@H](O)[C@H](O)[C@H]3NC(C)=O)nn2)C(=O)C(C)(C)C)O[C@H](CO)[C@H](O)[C@@H]1O. The van der Waals surface area contributed by atoms with Crippen molar-refractivity contribution in [1.29, 1.82) is 5.53 Å². The number of carbonyl (C=O) groups excluding carboxylic acids is 4. The predicted molar refractivity (Wildman–Crippen MR) is 404 cm³/mol. The van der Waals surface area contributed by atoms with E-state index in [4.69, 9.17) is 55.0 Å². The van der Waals surface area contributed by atoms with Crippen molar-refractivity contribution in [1.82, 2.24) is 66.1 Å². The molecule has 4 saturated heterocycles. The quantitative estimate of drug-likeness (QED) is 0.0132. The normalized spacial score (nSPS) is 28.7. The zero-order valence-corrected chi connectivity index (χ0v) is 67.0. The molecule has 21 atom stereocenters. The van der Waals surface area contributed by atoms with Gasteiger partial charge in [-0.05, 0) is 96.4 Å². The summed E-state index contributed by atoms with van der Waals surface area (Å²) in [5.74, 6) is 4.58. The predicted octanol–water partition coefficient (Wildman–Crippen LogP) is -3.58. The lowest BCUT2D eigenvalue weighted by molar-refractivity contribution is -0.282. The summed E-state index contributed by atoms with van der Waals surface area (Å²) in [6.07, 6.45) is -3.32. The molecule has 1 unspecified atom stereocenters. The molecule has 2 aromatic rings. The number of amides is 3. The van der Waals surface area contributed by atoms with Crippen LogP contribution in [-0.4, -0.2) is 338 Å². The zero-order valence-electron chi connectivity index (χ0n) is 67.0. The first-order valence-electron chi connectivity index (χ1n) is 39.8. The van der Waals surface area contributed by atoms with Crippen molar-refractivity contribution in [3.05, 3.63) is 47.6 Å². The number of aliphatic hydroxyl groups is 12. The molecule has 0 aromatic carbocycles. The van der Waals surface area contributed by atoms with Gasteiger partial charge in [-0.2, -0.15) is 5.11 Å². The van der Waals surface area contributed by atoms with Crippen molar-refractivity contribution >= 4 is 23.5 Å². The number of hydrogen-bond acceptors (Lipinski definition) is 36. The molecular weight excluding hydrogens is 1500 g/mol. The van der Waals surface area contributed by atoms with Gasteiger partial charge in [-0.3, -0.25) is 38.3 Å². The van der Waals surface area contributed by atoms with Gasteiger partial charge in [-0.1, -0.05) is 44.5 Å². The highest BCUT2D eigenvalue weighted by Gasteiger charge is 2.49. The first-order chi connectivity index (χ1) is 54.4. The standard InChI is InChI=1S/C73H131N17O24/c1-44-60(98)61(99)53(40-91)111-69(44)107-28-18-8-13-23-77-32-49(81-75)37-87(33-48(74)34-88(76)25-14-9-19-29-108-70-57(78-45(2)95)65(103)62(100)54(41-92)112-70)52(68(106)73(5,6)7)22-12-17-24-86(35-50-38-89(84-82-50)26-15-10-20-30-109-71-58(79-46(3)96)66(104)63(101)55(42-93)113-71)36-51-39-90(85-83-51)27-16-11-21-31-110-72-59(80-47(4)97)67(105)64(102)56(43-94)114-72/h32,34,38-39,44,52-67,69-72,75,77,91-94,98-105H,8-31,33,35-37,40-43,74,76H2,1-7H3,(H,78,95)(H,79,96)(H,80,97)/b48-34-,49-32-,81-75?/t44-,52?,53-,54-,55-,56-,57-,58-,59-,60-,61+,62+,63+,64+,65-,66-,67-,69-,70-,71-,72-/m1/s1. The van der Waals surface area contributed by atoms with E-state index in [0.29, 0.717) is 165 Å². The number of aromatic nitrogens is 6. The van der Waals surface area contributed by atoms with E-state index in [0.717, 1.165) is 6.42 Å².